The van der Waals surface area contributed by atoms with Crippen LogP contribution in [0.1, 0.15) is 46.7 Å². The number of hydrogen-bond acceptors (Lipinski definition) is 7. The molecule has 0 bridgehead atoms. The molecule has 13 heteroatoms. The van der Waals surface area contributed by atoms with E-state index < -0.39 is 17.8 Å². The smallest absolute Gasteiger partial charge is 0.421 e. The zero-order chi connectivity index (χ0) is 27.8. The van der Waals surface area contributed by atoms with Gasteiger partial charge in [0.2, 0.25) is 0 Å². The van der Waals surface area contributed by atoms with Crippen LogP contribution in [0.4, 0.5) is 14.9 Å². The maximum Gasteiger partial charge on any atom is 0.421 e. The van der Waals surface area contributed by atoms with Crippen molar-refractivity contribution in [3.63, 3.8) is 0 Å². The Morgan fingerprint density at radius 3 is 2.50 bits per heavy atom. The van der Waals surface area contributed by atoms with Gasteiger partial charge in [-0.1, -0.05) is 13.8 Å². The number of rotatable bonds is 12. The number of amides is 3. The van der Waals surface area contributed by atoms with E-state index in [1.54, 1.807) is 13.8 Å². The van der Waals surface area contributed by atoms with Crippen LogP contribution in [0.3, 0.4) is 0 Å². The molecule has 222 valence electrons. The maximum absolute atomic E-state index is 14.2. The van der Waals surface area contributed by atoms with E-state index in [2.05, 4.69) is 29.0 Å². The van der Waals surface area contributed by atoms with Crippen molar-refractivity contribution in [3.05, 3.63) is 52.1 Å². The lowest BCUT2D eigenvalue weighted by Gasteiger charge is -2.18. The van der Waals surface area contributed by atoms with Crippen molar-refractivity contribution >= 4 is 60.1 Å². The van der Waals surface area contributed by atoms with Gasteiger partial charge in [-0.2, -0.15) is 0 Å². The molecule has 0 aliphatic carbocycles. The van der Waals surface area contributed by atoms with E-state index in [1.165, 1.54) is 24.3 Å². The number of nitrogens with one attached hydrogen (secondary N) is 2. The fraction of sp³-hybridized carbons (Fsp3) is 0.444. The van der Waals surface area contributed by atoms with E-state index in [-0.39, 0.29) is 60.8 Å². The maximum atomic E-state index is 14.2. The van der Waals surface area contributed by atoms with Crippen molar-refractivity contribution in [2.24, 2.45) is 5.73 Å². The minimum absolute atomic E-state index is 0. The van der Waals surface area contributed by atoms with Gasteiger partial charge in [0.15, 0.2) is 0 Å². The summed E-state index contributed by atoms with van der Waals surface area (Å²) in [5, 5.41) is 2.95. The second-order valence-corrected chi connectivity index (χ2v) is 8.82. The average Bonchev–Trinajstić information content (AvgIpc) is 3.33. The molecular weight excluding hydrogens is 564 g/mol. The molecule has 0 atom stereocenters. The number of fused-ring (bicyclic) bond motifs is 1. The van der Waals surface area contributed by atoms with E-state index in [0.717, 1.165) is 24.5 Å². The van der Waals surface area contributed by atoms with Crippen LogP contribution >= 0.6 is 24.8 Å². The van der Waals surface area contributed by atoms with Crippen molar-refractivity contribution < 1.29 is 28.2 Å². The number of benzene rings is 1. The first-order chi connectivity index (χ1) is 18.2. The number of ether oxygens (including phenoxy) is 2. The molecule has 2 heterocycles. The lowest BCUT2D eigenvalue weighted by molar-refractivity contribution is -0.112. The normalized spacial score (nSPS) is 13.2. The highest BCUT2D eigenvalue weighted by Crippen LogP contribution is 2.39. The highest BCUT2D eigenvalue weighted by atomic mass is 35.5. The third-order valence-corrected chi connectivity index (χ3v) is 6.42. The van der Waals surface area contributed by atoms with Crippen LogP contribution in [0.2, 0.25) is 0 Å². The largest absolute Gasteiger partial charge is 0.446 e. The van der Waals surface area contributed by atoms with Gasteiger partial charge in [-0.3, -0.25) is 9.59 Å². The first-order valence-electron chi connectivity index (χ1n) is 12.7. The van der Waals surface area contributed by atoms with Crippen LogP contribution in [-0.2, 0) is 14.3 Å². The minimum Gasteiger partial charge on any atom is -0.446 e. The van der Waals surface area contributed by atoms with Crippen LogP contribution in [-0.4, -0.2) is 80.3 Å². The molecule has 1 aromatic heterocycles. The van der Waals surface area contributed by atoms with Gasteiger partial charge in [-0.15, -0.1) is 24.8 Å². The lowest BCUT2D eigenvalue weighted by atomic mass is 10.0. The Balaban J connectivity index is 0.00000400. The van der Waals surface area contributed by atoms with E-state index in [4.69, 9.17) is 15.2 Å². The van der Waals surface area contributed by atoms with Crippen LogP contribution in [0.15, 0.2) is 18.2 Å². The van der Waals surface area contributed by atoms with E-state index in [1.807, 2.05) is 0 Å². The van der Waals surface area contributed by atoms with Gasteiger partial charge in [0.25, 0.3) is 11.8 Å². The number of anilines is 1. The molecule has 1 aliphatic rings. The number of hydrogen-bond donors (Lipinski definition) is 3. The summed E-state index contributed by atoms with van der Waals surface area (Å²) >= 11 is 0. The molecule has 10 nitrogen and oxygen atoms in total. The molecule has 3 amide bonds. The summed E-state index contributed by atoms with van der Waals surface area (Å²) in [5.41, 5.74) is 8.20. The molecule has 0 fully saturated rings. The Hall–Kier alpha value is -2.96. The van der Waals surface area contributed by atoms with Gasteiger partial charge in [0, 0.05) is 36.6 Å². The molecule has 0 saturated carbocycles. The van der Waals surface area contributed by atoms with Crippen molar-refractivity contribution in [1.82, 2.24) is 15.2 Å². The van der Waals surface area contributed by atoms with Gasteiger partial charge >= 0.3 is 6.09 Å². The second-order valence-electron chi connectivity index (χ2n) is 8.82. The number of halogens is 3. The number of nitrogens with zero attached hydrogens (tertiary/aromatic N) is 2. The summed E-state index contributed by atoms with van der Waals surface area (Å²) < 4.78 is 24.6. The third-order valence-electron chi connectivity index (χ3n) is 6.42. The molecule has 3 rings (SSSR count). The number of likely N-dealkylation sites (N-methyl/N-ethyl adjacent to an activating group) is 1. The SMILES string of the molecule is CCN(CC)CCNC(=O)c1c(C)[nH]c(/C=C2\C(=O)N(C(=O)OCCOCCN)c3ccc(F)cc32)c1C.Cl.Cl. The fourth-order valence-electron chi connectivity index (χ4n) is 4.38. The zero-order valence-electron chi connectivity index (χ0n) is 23.2. The van der Waals surface area contributed by atoms with Gasteiger partial charge in [0.05, 0.1) is 30.0 Å². The number of aryl methyl sites for hydroxylation is 1. The number of carbonyl (C=O) groups excluding carboxylic acids is 3. The molecule has 40 heavy (non-hydrogen) atoms. The van der Waals surface area contributed by atoms with E-state index in [9.17, 15) is 18.8 Å². The summed E-state index contributed by atoms with van der Waals surface area (Å²) in [6, 6.07) is 3.73. The second kappa shape index (κ2) is 16.3. The standard InChI is InChI=1S/C27H36FN5O5.2ClH/c1-5-32(6-2)11-10-30-25(34)24-17(3)22(31-18(24)4)16-21-20-15-19(28)7-8-23(20)33(26(21)35)27(36)38-14-13-37-12-9-29;;/h7-8,15-16,31H,5-6,9-14,29H2,1-4H3,(H,30,34);2*1H/b21-16-;;. The molecular formula is C27H38Cl2FN5O5. The summed E-state index contributed by atoms with van der Waals surface area (Å²) in [6.07, 6.45) is 0.642. The fourth-order valence-corrected chi connectivity index (χ4v) is 4.38. The Morgan fingerprint density at radius 2 is 1.85 bits per heavy atom. The Kier molecular flexibility index (Phi) is 14.3. The quantitative estimate of drug-likeness (QED) is 0.250. The number of H-pyrrole nitrogens is 1. The van der Waals surface area contributed by atoms with Gasteiger partial charge in [-0.25, -0.2) is 14.1 Å². The predicted molar refractivity (Wildman–Crippen MR) is 158 cm³/mol. The first kappa shape index (κ1) is 35.1. The topological polar surface area (TPSA) is 130 Å². The Labute approximate surface area is 246 Å². The summed E-state index contributed by atoms with van der Waals surface area (Å²) in [4.78, 5) is 45.3. The first-order valence-corrected chi connectivity index (χ1v) is 12.7. The Bertz CT molecular complexity index is 1220. The zero-order valence-corrected chi connectivity index (χ0v) is 24.8. The minimum atomic E-state index is -0.893. The number of imide groups is 1. The van der Waals surface area contributed by atoms with Crippen molar-refractivity contribution in [2.75, 3.05) is 57.4 Å². The highest BCUT2D eigenvalue weighted by Gasteiger charge is 2.38. The summed E-state index contributed by atoms with van der Waals surface area (Å²) in [7, 11) is 0. The molecule has 1 aliphatic heterocycles. The van der Waals surface area contributed by atoms with Crippen molar-refractivity contribution in [1.29, 1.82) is 0 Å². The molecule has 0 spiro atoms. The van der Waals surface area contributed by atoms with Crippen LogP contribution in [0, 0.1) is 19.7 Å². The van der Waals surface area contributed by atoms with Gasteiger partial charge in [0.1, 0.15) is 12.4 Å². The number of aromatic amines is 1. The lowest BCUT2D eigenvalue weighted by Crippen LogP contribution is -2.35. The molecule has 2 aromatic rings. The summed E-state index contributed by atoms with van der Waals surface area (Å²) in [6.45, 7) is 11.4. The predicted octanol–water partition coefficient (Wildman–Crippen LogP) is 3.68. The van der Waals surface area contributed by atoms with Crippen LogP contribution in [0.25, 0.3) is 11.6 Å². The van der Waals surface area contributed by atoms with E-state index in [0.29, 0.717) is 42.2 Å². The average molecular weight is 603 g/mol. The third kappa shape index (κ3) is 8.05. The number of carbonyl (C=O) groups is 3. The molecule has 0 unspecified atom stereocenters. The summed E-state index contributed by atoms with van der Waals surface area (Å²) in [5.74, 6) is -1.44. The van der Waals surface area contributed by atoms with Gasteiger partial charge < -0.3 is 30.4 Å². The molecule has 4 N–H and O–H groups in total. The molecule has 0 radical (unpaired) electrons. The van der Waals surface area contributed by atoms with E-state index >= 15 is 0 Å². The monoisotopic (exact) mass is 601 g/mol. The highest BCUT2D eigenvalue weighted by molar-refractivity contribution is 6.41. The molecule has 1 aromatic carbocycles. The van der Waals surface area contributed by atoms with Crippen molar-refractivity contribution in [2.45, 2.75) is 27.7 Å². The molecule has 0 saturated heterocycles. The number of aromatic nitrogens is 1. The van der Waals surface area contributed by atoms with Crippen LogP contribution in [0.5, 0.6) is 0 Å². The number of nitrogens with two attached hydrogens (primary N) is 1. The Morgan fingerprint density at radius 1 is 1.15 bits per heavy atom. The van der Waals surface area contributed by atoms with Crippen molar-refractivity contribution in [3.8, 4) is 0 Å². The van der Waals surface area contributed by atoms with Crippen LogP contribution < -0.4 is 16.0 Å². The van der Waals surface area contributed by atoms with Gasteiger partial charge in [-0.05, 0) is 56.8 Å².